The van der Waals surface area contributed by atoms with E-state index in [1.807, 2.05) is 0 Å². The average molecular weight is 414 g/mol. The van der Waals surface area contributed by atoms with E-state index in [1.165, 1.54) is 64.8 Å². The second kappa shape index (κ2) is 15.3. The summed E-state index contributed by atoms with van der Waals surface area (Å²) in [6.45, 7) is 18.2. The Morgan fingerprint density at radius 2 is 1.23 bits per heavy atom. The van der Waals surface area contributed by atoms with Crippen LogP contribution in [0.15, 0.2) is 0 Å². The zero-order chi connectivity index (χ0) is 16.8. The summed E-state index contributed by atoms with van der Waals surface area (Å²) in [6.07, 6.45) is 6.84. The molecule has 0 saturated carbocycles. The van der Waals surface area contributed by atoms with Crippen LogP contribution in [0.25, 0.3) is 0 Å². The molecule has 0 radical (unpaired) electrons. The molecule has 0 aliphatic rings. The molecule has 2 nitrogen and oxygen atoms in total. The molecule has 0 aromatic heterocycles. The summed E-state index contributed by atoms with van der Waals surface area (Å²) < 4.78 is 5.88. The Labute approximate surface area is 149 Å². The predicted molar refractivity (Wildman–Crippen MR) is 104 cm³/mol. The Bertz CT molecular complexity index is 227. The van der Waals surface area contributed by atoms with Gasteiger partial charge in [-0.15, -0.1) is 0 Å². The normalized spacial score (nSPS) is 11.9. The summed E-state index contributed by atoms with van der Waals surface area (Å²) in [5.74, 6) is 0. The van der Waals surface area contributed by atoms with E-state index < -0.39 is 21.4 Å². The minimum atomic E-state index is -1.16. The van der Waals surface area contributed by atoms with E-state index in [1.54, 1.807) is 8.35 Å². The van der Waals surface area contributed by atoms with E-state index in [2.05, 4.69) is 49.1 Å². The van der Waals surface area contributed by atoms with Crippen LogP contribution in [-0.4, -0.2) is 70.0 Å². The molecule has 22 heavy (non-hydrogen) atoms. The molecule has 0 aliphatic carbocycles. The van der Waals surface area contributed by atoms with Gasteiger partial charge in [0.25, 0.3) is 0 Å². The van der Waals surface area contributed by atoms with Crippen LogP contribution in [0.3, 0.4) is 0 Å². The molecular formula is C19H43InN2. The van der Waals surface area contributed by atoms with Gasteiger partial charge in [-0.05, 0) is 0 Å². The van der Waals surface area contributed by atoms with E-state index in [9.17, 15) is 0 Å². The molecule has 0 N–H and O–H groups in total. The number of rotatable bonds is 15. The van der Waals surface area contributed by atoms with Gasteiger partial charge in [0.2, 0.25) is 0 Å². The third kappa shape index (κ3) is 12.2. The maximum absolute atomic E-state index is 2.68. The van der Waals surface area contributed by atoms with Crippen molar-refractivity contribution in [2.75, 3.05) is 32.7 Å². The standard InChI is InChI=1S/2C9H20N.CH3.In/c1-5-7-10(8-6-2)9(3)4;1-4-7-10(8-5-2)9-6-3;;/h9H,1,5-8H2,2-4H3;1,4-9H2,2-3H3;1H3;. The first-order chi connectivity index (χ1) is 10.5. The van der Waals surface area contributed by atoms with Gasteiger partial charge in [0.05, 0.1) is 0 Å². The van der Waals surface area contributed by atoms with Gasteiger partial charge < -0.3 is 0 Å². The summed E-state index contributed by atoms with van der Waals surface area (Å²) >= 11 is -1.16. The average Bonchev–Trinajstić information content (AvgIpc) is 2.46. The molecule has 3 heteroatoms. The first-order valence-corrected chi connectivity index (χ1v) is 18.0. The molecule has 0 saturated heterocycles. The third-order valence-electron chi connectivity index (χ3n) is 4.63. The second-order valence-electron chi connectivity index (χ2n) is 7.36. The zero-order valence-corrected chi connectivity index (χ0v) is 19.8. The quantitative estimate of drug-likeness (QED) is 0.366. The molecule has 0 atom stereocenters. The Kier molecular flexibility index (Phi) is 15.9. The molecule has 0 spiro atoms. The Morgan fingerprint density at radius 1 is 0.727 bits per heavy atom. The van der Waals surface area contributed by atoms with Gasteiger partial charge >= 0.3 is 150 Å². The van der Waals surface area contributed by atoms with E-state index in [0.29, 0.717) is 0 Å². The van der Waals surface area contributed by atoms with Crippen LogP contribution in [0.1, 0.15) is 66.7 Å². The van der Waals surface area contributed by atoms with Crippen LogP contribution in [-0.2, 0) is 0 Å². The molecule has 0 bridgehead atoms. The van der Waals surface area contributed by atoms with Gasteiger partial charge in [-0.3, -0.25) is 0 Å². The van der Waals surface area contributed by atoms with Crippen LogP contribution in [0.5, 0.6) is 0 Å². The van der Waals surface area contributed by atoms with Crippen molar-refractivity contribution in [1.82, 2.24) is 9.80 Å². The minimum absolute atomic E-state index is 0.724. The maximum atomic E-state index is 2.68. The molecule has 0 rings (SSSR count). The Balaban J connectivity index is 3.77. The van der Waals surface area contributed by atoms with Crippen molar-refractivity contribution in [3.8, 4) is 0 Å². The first kappa shape index (κ1) is 22.8. The van der Waals surface area contributed by atoms with Crippen LogP contribution in [0.4, 0.5) is 0 Å². The predicted octanol–water partition coefficient (Wildman–Crippen LogP) is 5.13. The fraction of sp³-hybridized carbons (Fsp3) is 1.00. The van der Waals surface area contributed by atoms with Crippen LogP contribution >= 0.6 is 0 Å². The van der Waals surface area contributed by atoms with E-state index in [4.69, 9.17) is 0 Å². The number of nitrogens with zero attached hydrogens (tertiary/aromatic N) is 2. The van der Waals surface area contributed by atoms with Gasteiger partial charge in [-0.1, -0.05) is 0 Å². The Morgan fingerprint density at radius 3 is 1.68 bits per heavy atom. The third-order valence-corrected chi connectivity index (χ3v) is 12.6. The second-order valence-corrected chi connectivity index (χ2v) is 17.0. The zero-order valence-electron chi connectivity index (χ0n) is 16.5. The van der Waals surface area contributed by atoms with Gasteiger partial charge in [-0.25, -0.2) is 0 Å². The monoisotopic (exact) mass is 414 g/mol. The van der Waals surface area contributed by atoms with Crippen molar-refractivity contribution in [3.05, 3.63) is 0 Å². The summed E-state index contributed by atoms with van der Waals surface area (Å²) in [5, 5.41) is 0. The van der Waals surface area contributed by atoms with Crippen LogP contribution in [0, 0.1) is 0 Å². The molecule has 132 valence electrons. The first-order valence-electron chi connectivity index (χ1n) is 10.0. The van der Waals surface area contributed by atoms with E-state index in [-0.39, 0.29) is 0 Å². The topological polar surface area (TPSA) is 6.48 Å². The van der Waals surface area contributed by atoms with Gasteiger partial charge in [0.1, 0.15) is 0 Å². The van der Waals surface area contributed by atoms with Gasteiger partial charge in [-0.2, -0.15) is 0 Å². The Hall–Kier alpha value is 0.790. The van der Waals surface area contributed by atoms with Crippen LogP contribution in [0.2, 0.25) is 13.0 Å². The van der Waals surface area contributed by atoms with E-state index >= 15 is 0 Å². The van der Waals surface area contributed by atoms with Crippen molar-refractivity contribution < 1.29 is 0 Å². The van der Waals surface area contributed by atoms with Crippen molar-refractivity contribution in [2.45, 2.75) is 85.8 Å². The molecule has 0 aromatic carbocycles. The summed E-state index contributed by atoms with van der Waals surface area (Å²) in [7, 11) is 0. The fourth-order valence-corrected chi connectivity index (χ4v) is 9.18. The van der Waals surface area contributed by atoms with Gasteiger partial charge in [0.15, 0.2) is 0 Å². The number of hydrogen-bond donors (Lipinski definition) is 0. The van der Waals surface area contributed by atoms with Crippen molar-refractivity contribution >= 4 is 21.4 Å². The molecule has 0 heterocycles. The summed E-state index contributed by atoms with van der Waals surface area (Å²) in [4.78, 5) is 5.35. The molecule has 0 aliphatic heterocycles. The van der Waals surface area contributed by atoms with Crippen molar-refractivity contribution in [2.24, 2.45) is 0 Å². The number of hydrogen-bond acceptors (Lipinski definition) is 2. The van der Waals surface area contributed by atoms with Crippen LogP contribution < -0.4 is 0 Å². The molecule has 0 amide bonds. The fourth-order valence-electron chi connectivity index (χ4n) is 3.33. The van der Waals surface area contributed by atoms with E-state index in [0.717, 1.165) is 6.04 Å². The van der Waals surface area contributed by atoms with Gasteiger partial charge in [0, 0.05) is 0 Å². The molecular weight excluding hydrogens is 371 g/mol. The molecule has 0 aromatic rings. The summed E-state index contributed by atoms with van der Waals surface area (Å²) in [6, 6.07) is 0.724. The van der Waals surface area contributed by atoms with Crippen molar-refractivity contribution in [3.63, 3.8) is 0 Å². The molecule has 0 fully saturated rings. The SMILES string of the molecule is CCCN(CCC)CC[CH2][In]([CH3])[CH2]CCN(CCC)C(C)C. The summed E-state index contributed by atoms with van der Waals surface area (Å²) in [5.41, 5.74) is 0. The molecule has 0 unspecified atom stereocenters. The van der Waals surface area contributed by atoms with Crippen molar-refractivity contribution in [1.29, 1.82) is 0 Å².